The second-order valence-electron chi connectivity index (χ2n) is 8.22. The summed E-state index contributed by atoms with van der Waals surface area (Å²) in [6.45, 7) is 7.84. The van der Waals surface area contributed by atoms with Crippen LogP contribution in [0.5, 0.6) is 5.75 Å². The highest BCUT2D eigenvalue weighted by Crippen LogP contribution is 2.22. The molecule has 1 aromatic carbocycles. The summed E-state index contributed by atoms with van der Waals surface area (Å²) in [7, 11) is 1.80. The summed E-state index contributed by atoms with van der Waals surface area (Å²) in [6.07, 6.45) is 0.483. The standard InChI is InChI=1S/C20H29N3O4/c1-20(2,3)27-19(25)22-11-10-15(12-22)21(4)18(24)23-13-17(14-23)26-16-8-6-5-7-9-16/h5-9,15,17H,10-14H2,1-4H3/t15-/m1/s1. The van der Waals surface area contributed by atoms with Gasteiger partial charge in [-0.1, -0.05) is 18.2 Å². The van der Waals surface area contributed by atoms with Gasteiger partial charge in [-0.25, -0.2) is 9.59 Å². The van der Waals surface area contributed by atoms with Gasteiger partial charge in [0, 0.05) is 20.1 Å². The summed E-state index contributed by atoms with van der Waals surface area (Å²) in [6, 6.07) is 9.64. The van der Waals surface area contributed by atoms with Crippen molar-refractivity contribution in [1.29, 1.82) is 0 Å². The molecule has 0 radical (unpaired) electrons. The maximum atomic E-state index is 12.7. The fraction of sp³-hybridized carbons (Fsp3) is 0.600. The third-order valence-electron chi connectivity index (χ3n) is 4.83. The van der Waals surface area contributed by atoms with E-state index in [9.17, 15) is 9.59 Å². The molecule has 2 fully saturated rings. The van der Waals surface area contributed by atoms with Crippen LogP contribution < -0.4 is 4.74 Å². The van der Waals surface area contributed by atoms with Gasteiger partial charge in [0.05, 0.1) is 19.1 Å². The topological polar surface area (TPSA) is 62.3 Å². The molecule has 1 aromatic rings. The van der Waals surface area contributed by atoms with Crippen molar-refractivity contribution in [3.05, 3.63) is 30.3 Å². The highest BCUT2D eigenvalue weighted by atomic mass is 16.6. The summed E-state index contributed by atoms with van der Waals surface area (Å²) in [5.41, 5.74) is -0.512. The normalized spacial score (nSPS) is 20.2. The van der Waals surface area contributed by atoms with Crippen LogP contribution in [0.15, 0.2) is 30.3 Å². The van der Waals surface area contributed by atoms with Gasteiger partial charge in [-0.05, 0) is 39.3 Å². The van der Waals surface area contributed by atoms with Crippen LogP contribution in [-0.4, -0.2) is 77.8 Å². The minimum Gasteiger partial charge on any atom is -0.487 e. The van der Waals surface area contributed by atoms with Crippen molar-refractivity contribution in [3.63, 3.8) is 0 Å². The molecule has 3 amide bonds. The molecule has 148 valence electrons. The predicted molar refractivity (Wildman–Crippen MR) is 102 cm³/mol. The molecule has 7 heteroatoms. The first-order valence-electron chi connectivity index (χ1n) is 9.44. The first-order valence-corrected chi connectivity index (χ1v) is 9.44. The summed E-state index contributed by atoms with van der Waals surface area (Å²) in [4.78, 5) is 30.1. The number of ether oxygens (including phenoxy) is 2. The zero-order valence-electron chi connectivity index (χ0n) is 16.6. The maximum Gasteiger partial charge on any atom is 0.410 e. The van der Waals surface area contributed by atoms with Crippen molar-refractivity contribution in [1.82, 2.24) is 14.7 Å². The van der Waals surface area contributed by atoms with Crippen LogP contribution in [0.25, 0.3) is 0 Å². The van der Waals surface area contributed by atoms with E-state index < -0.39 is 5.60 Å². The van der Waals surface area contributed by atoms with Gasteiger partial charge in [0.15, 0.2) is 0 Å². The van der Waals surface area contributed by atoms with Gasteiger partial charge in [-0.2, -0.15) is 0 Å². The Bertz CT molecular complexity index is 668. The molecule has 27 heavy (non-hydrogen) atoms. The maximum absolute atomic E-state index is 12.7. The number of urea groups is 1. The summed E-state index contributed by atoms with van der Waals surface area (Å²) in [5, 5.41) is 0. The molecule has 2 saturated heterocycles. The Balaban J connectivity index is 1.44. The number of carbonyl (C=O) groups is 2. The number of likely N-dealkylation sites (tertiary alicyclic amines) is 2. The van der Waals surface area contributed by atoms with Crippen LogP contribution in [0.4, 0.5) is 9.59 Å². The van der Waals surface area contributed by atoms with Gasteiger partial charge in [0.1, 0.15) is 17.5 Å². The third kappa shape index (κ3) is 4.84. The number of para-hydroxylation sites is 1. The molecule has 0 aliphatic carbocycles. The Hall–Kier alpha value is -2.44. The lowest BCUT2D eigenvalue weighted by atomic mass is 10.1. The number of rotatable bonds is 3. The molecule has 1 atom stereocenters. The number of nitrogens with zero attached hydrogens (tertiary/aromatic N) is 3. The summed E-state index contributed by atoms with van der Waals surface area (Å²) in [5.74, 6) is 0.826. The number of likely N-dealkylation sites (N-methyl/N-ethyl adjacent to an activating group) is 1. The minimum atomic E-state index is -0.512. The van der Waals surface area contributed by atoms with Crippen molar-refractivity contribution in [2.75, 3.05) is 33.2 Å². The number of benzene rings is 1. The first kappa shape index (κ1) is 19.3. The molecule has 0 saturated carbocycles. The molecule has 0 unspecified atom stereocenters. The van der Waals surface area contributed by atoms with Crippen LogP contribution in [0.2, 0.25) is 0 Å². The van der Waals surface area contributed by atoms with Crippen molar-refractivity contribution < 1.29 is 19.1 Å². The van der Waals surface area contributed by atoms with Gasteiger partial charge in [0.2, 0.25) is 0 Å². The Labute approximate surface area is 160 Å². The highest BCUT2D eigenvalue weighted by Gasteiger charge is 2.38. The Morgan fingerprint density at radius 1 is 1.07 bits per heavy atom. The molecule has 0 spiro atoms. The molecule has 0 aromatic heterocycles. The van der Waals surface area contributed by atoms with E-state index in [0.717, 1.165) is 12.2 Å². The largest absolute Gasteiger partial charge is 0.487 e. The van der Waals surface area contributed by atoms with E-state index in [2.05, 4.69) is 0 Å². The van der Waals surface area contributed by atoms with Gasteiger partial charge >= 0.3 is 12.1 Å². The molecule has 2 aliphatic heterocycles. The Morgan fingerprint density at radius 3 is 2.37 bits per heavy atom. The van der Waals surface area contributed by atoms with E-state index in [1.165, 1.54) is 0 Å². The monoisotopic (exact) mass is 375 g/mol. The fourth-order valence-electron chi connectivity index (χ4n) is 3.29. The molecule has 2 heterocycles. The summed E-state index contributed by atoms with van der Waals surface area (Å²) < 4.78 is 11.3. The van der Waals surface area contributed by atoms with Gasteiger partial charge in [0.25, 0.3) is 0 Å². The van der Waals surface area contributed by atoms with Crippen molar-refractivity contribution in [3.8, 4) is 5.75 Å². The number of hydrogen-bond acceptors (Lipinski definition) is 4. The predicted octanol–water partition coefficient (Wildman–Crippen LogP) is 2.81. The average Bonchev–Trinajstić information content (AvgIpc) is 3.06. The third-order valence-corrected chi connectivity index (χ3v) is 4.83. The molecular weight excluding hydrogens is 346 g/mol. The van der Waals surface area contributed by atoms with E-state index >= 15 is 0 Å². The molecule has 7 nitrogen and oxygen atoms in total. The van der Waals surface area contributed by atoms with Gasteiger partial charge in [-0.3, -0.25) is 0 Å². The summed E-state index contributed by atoms with van der Waals surface area (Å²) >= 11 is 0. The lowest BCUT2D eigenvalue weighted by molar-refractivity contribution is 0.0242. The van der Waals surface area contributed by atoms with E-state index in [4.69, 9.17) is 9.47 Å². The molecular formula is C20H29N3O4. The van der Waals surface area contributed by atoms with Crippen molar-refractivity contribution >= 4 is 12.1 Å². The van der Waals surface area contributed by atoms with E-state index in [1.807, 2.05) is 51.1 Å². The SMILES string of the molecule is CN(C(=O)N1CC(Oc2ccccc2)C1)[C@@H]1CCN(C(=O)OC(C)(C)C)C1. The van der Waals surface area contributed by atoms with Gasteiger partial charge < -0.3 is 24.2 Å². The minimum absolute atomic E-state index is 0.0131. The Kier molecular flexibility index (Phi) is 5.48. The lowest BCUT2D eigenvalue weighted by Gasteiger charge is -2.42. The van der Waals surface area contributed by atoms with E-state index in [1.54, 1.807) is 21.7 Å². The van der Waals surface area contributed by atoms with Crippen LogP contribution in [0, 0.1) is 0 Å². The van der Waals surface area contributed by atoms with Crippen LogP contribution >= 0.6 is 0 Å². The quantitative estimate of drug-likeness (QED) is 0.815. The number of hydrogen-bond donors (Lipinski definition) is 0. The number of amides is 3. The molecule has 3 rings (SSSR count). The first-order chi connectivity index (χ1) is 12.7. The van der Waals surface area contributed by atoms with Crippen LogP contribution in [0.1, 0.15) is 27.2 Å². The van der Waals surface area contributed by atoms with Crippen LogP contribution in [-0.2, 0) is 4.74 Å². The molecule has 0 bridgehead atoms. The highest BCUT2D eigenvalue weighted by molar-refractivity contribution is 5.76. The lowest BCUT2D eigenvalue weighted by Crippen LogP contribution is -2.60. The van der Waals surface area contributed by atoms with E-state index in [-0.39, 0.29) is 24.3 Å². The Morgan fingerprint density at radius 2 is 1.74 bits per heavy atom. The zero-order chi connectivity index (χ0) is 19.6. The van der Waals surface area contributed by atoms with Crippen molar-refractivity contribution in [2.24, 2.45) is 0 Å². The smallest absolute Gasteiger partial charge is 0.410 e. The molecule has 0 N–H and O–H groups in total. The van der Waals surface area contributed by atoms with Crippen molar-refractivity contribution in [2.45, 2.75) is 44.9 Å². The molecule has 2 aliphatic rings. The van der Waals surface area contributed by atoms with E-state index in [0.29, 0.717) is 26.2 Å². The second-order valence-corrected chi connectivity index (χ2v) is 8.22. The average molecular weight is 375 g/mol. The zero-order valence-corrected chi connectivity index (χ0v) is 16.6. The fourth-order valence-corrected chi connectivity index (χ4v) is 3.29. The number of carbonyl (C=O) groups excluding carboxylic acids is 2. The second kappa shape index (κ2) is 7.66. The van der Waals surface area contributed by atoms with Gasteiger partial charge in [-0.15, -0.1) is 0 Å². The van der Waals surface area contributed by atoms with Crippen LogP contribution in [0.3, 0.4) is 0 Å².